The third-order valence-corrected chi connectivity index (χ3v) is 6.53. The summed E-state index contributed by atoms with van der Waals surface area (Å²) in [5, 5.41) is 4.85. The highest BCUT2D eigenvalue weighted by atomic mass is 16.2. The van der Waals surface area contributed by atoms with Gasteiger partial charge in [-0.05, 0) is 43.7 Å². The van der Waals surface area contributed by atoms with Crippen molar-refractivity contribution in [1.29, 1.82) is 0 Å². The predicted octanol–water partition coefficient (Wildman–Crippen LogP) is 2.31. The molecular weight excluding hydrogens is 388 g/mol. The molecule has 0 unspecified atom stereocenters. The van der Waals surface area contributed by atoms with Crippen molar-refractivity contribution in [2.24, 2.45) is 4.99 Å². The van der Waals surface area contributed by atoms with Crippen LogP contribution < -0.4 is 5.32 Å². The van der Waals surface area contributed by atoms with Crippen LogP contribution in [0.1, 0.15) is 31.2 Å². The molecule has 0 saturated carbocycles. The topological polar surface area (TPSA) is 67.0 Å². The van der Waals surface area contributed by atoms with E-state index in [2.05, 4.69) is 55.6 Å². The number of hydrogen-bond donors (Lipinski definition) is 2. The number of hydrogen-bond acceptors (Lipinski definition) is 3. The van der Waals surface area contributed by atoms with E-state index >= 15 is 0 Å². The number of rotatable bonds is 6. The molecule has 0 atom stereocenters. The fourth-order valence-electron chi connectivity index (χ4n) is 4.70. The van der Waals surface area contributed by atoms with Crippen LogP contribution in [0.4, 0.5) is 0 Å². The third-order valence-electron chi connectivity index (χ3n) is 6.53. The molecule has 2 saturated heterocycles. The van der Waals surface area contributed by atoms with Crippen LogP contribution >= 0.6 is 0 Å². The van der Waals surface area contributed by atoms with E-state index in [1.54, 1.807) is 0 Å². The van der Waals surface area contributed by atoms with Gasteiger partial charge in [-0.1, -0.05) is 18.2 Å². The maximum absolute atomic E-state index is 12.5. The number of piperazine rings is 1. The molecule has 7 heteroatoms. The van der Waals surface area contributed by atoms with Crippen molar-refractivity contribution in [1.82, 2.24) is 25.0 Å². The van der Waals surface area contributed by atoms with Crippen molar-refractivity contribution in [3.8, 4) is 0 Å². The first-order valence-corrected chi connectivity index (χ1v) is 11.8. The van der Waals surface area contributed by atoms with E-state index in [0.29, 0.717) is 12.5 Å². The summed E-state index contributed by atoms with van der Waals surface area (Å²) in [5.74, 6) is 1.27. The summed E-state index contributed by atoms with van der Waals surface area (Å²) in [6, 6.07) is 8.47. The second-order valence-corrected chi connectivity index (χ2v) is 8.64. The summed E-state index contributed by atoms with van der Waals surface area (Å²) in [7, 11) is 1.86. The minimum atomic E-state index is 0.299. The molecule has 0 aliphatic carbocycles. The lowest BCUT2D eigenvalue weighted by molar-refractivity contribution is -0.133. The summed E-state index contributed by atoms with van der Waals surface area (Å²) in [4.78, 5) is 27.0. The molecule has 0 bridgehead atoms. The Morgan fingerprint density at radius 3 is 2.58 bits per heavy atom. The van der Waals surface area contributed by atoms with Crippen molar-refractivity contribution in [3.63, 3.8) is 0 Å². The lowest BCUT2D eigenvalue weighted by atomic mass is 10.1. The smallest absolute Gasteiger partial charge is 0.236 e. The minimum Gasteiger partial charge on any atom is -0.361 e. The summed E-state index contributed by atoms with van der Waals surface area (Å²) in [6.45, 7) is 6.99. The molecule has 168 valence electrons. The van der Waals surface area contributed by atoms with E-state index in [4.69, 9.17) is 0 Å². The van der Waals surface area contributed by atoms with Crippen LogP contribution in [0.3, 0.4) is 0 Å². The number of benzene rings is 1. The predicted molar refractivity (Wildman–Crippen MR) is 126 cm³/mol. The first-order valence-electron chi connectivity index (χ1n) is 11.8. The maximum atomic E-state index is 12.5. The summed E-state index contributed by atoms with van der Waals surface area (Å²) >= 11 is 0. The van der Waals surface area contributed by atoms with Crippen LogP contribution in [-0.4, -0.2) is 91.0 Å². The first-order chi connectivity index (χ1) is 15.2. The number of amides is 1. The number of aliphatic imine (C=N–C) groups is 1. The minimum absolute atomic E-state index is 0.299. The van der Waals surface area contributed by atoms with E-state index in [-0.39, 0.29) is 0 Å². The lowest BCUT2D eigenvalue weighted by Gasteiger charge is -2.37. The molecule has 2 aromatic rings. The van der Waals surface area contributed by atoms with Crippen molar-refractivity contribution in [2.75, 3.05) is 59.4 Å². The number of nitrogens with one attached hydrogen (secondary N) is 2. The van der Waals surface area contributed by atoms with Gasteiger partial charge < -0.3 is 20.1 Å². The number of piperidine rings is 1. The monoisotopic (exact) mass is 424 g/mol. The number of carbonyl (C=O) groups is 1. The van der Waals surface area contributed by atoms with Gasteiger partial charge in [0.05, 0.1) is 6.54 Å². The van der Waals surface area contributed by atoms with Gasteiger partial charge in [0.1, 0.15) is 0 Å². The fourth-order valence-corrected chi connectivity index (χ4v) is 4.70. The molecule has 3 heterocycles. The average molecular weight is 425 g/mol. The number of para-hydroxylation sites is 1. The lowest BCUT2D eigenvalue weighted by Crippen LogP contribution is -2.54. The van der Waals surface area contributed by atoms with Gasteiger partial charge in [0.15, 0.2) is 5.96 Å². The zero-order valence-corrected chi connectivity index (χ0v) is 18.8. The molecule has 2 N–H and O–H groups in total. The Hall–Kier alpha value is -2.54. The zero-order valence-electron chi connectivity index (χ0n) is 18.8. The molecule has 2 aliphatic rings. The number of aromatic amines is 1. The van der Waals surface area contributed by atoms with Gasteiger partial charge in [-0.15, -0.1) is 0 Å². The highest BCUT2D eigenvalue weighted by molar-refractivity contribution is 5.83. The second kappa shape index (κ2) is 10.7. The maximum Gasteiger partial charge on any atom is 0.236 e. The normalized spacial score (nSPS) is 18.5. The largest absolute Gasteiger partial charge is 0.361 e. The van der Waals surface area contributed by atoms with E-state index in [1.165, 1.54) is 22.9 Å². The van der Waals surface area contributed by atoms with Crippen LogP contribution in [0, 0.1) is 0 Å². The van der Waals surface area contributed by atoms with Crippen molar-refractivity contribution >= 4 is 22.8 Å². The molecular formula is C24H36N6O. The van der Waals surface area contributed by atoms with E-state index in [9.17, 15) is 4.79 Å². The average Bonchev–Trinajstić information content (AvgIpc) is 3.23. The van der Waals surface area contributed by atoms with Gasteiger partial charge in [-0.2, -0.15) is 0 Å². The van der Waals surface area contributed by atoms with Crippen LogP contribution in [0.2, 0.25) is 0 Å². The van der Waals surface area contributed by atoms with Crippen molar-refractivity contribution in [2.45, 2.75) is 32.1 Å². The molecule has 1 aromatic carbocycles. The number of aromatic nitrogens is 1. The number of nitrogens with zero attached hydrogens (tertiary/aromatic N) is 4. The quantitative estimate of drug-likeness (QED) is 0.424. The number of aryl methyl sites for hydroxylation is 1. The van der Waals surface area contributed by atoms with Crippen molar-refractivity contribution in [3.05, 3.63) is 36.0 Å². The first kappa shape index (κ1) is 21.7. The van der Waals surface area contributed by atoms with Gasteiger partial charge >= 0.3 is 0 Å². The molecule has 7 nitrogen and oxygen atoms in total. The zero-order chi connectivity index (χ0) is 21.5. The van der Waals surface area contributed by atoms with E-state index in [0.717, 1.165) is 77.5 Å². The van der Waals surface area contributed by atoms with Crippen LogP contribution in [-0.2, 0) is 11.2 Å². The molecule has 4 rings (SSSR count). The Balaban J connectivity index is 1.17. The van der Waals surface area contributed by atoms with Gasteiger partial charge in [0, 0.05) is 70.0 Å². The molecule has 0 radical (unpaired) electrons. The third kappa shape index (κ3) is 5.58. The highest BCUT2D eigenvalue weighted by Crippen LogP contribution is 2.18. The van der Waals surface area contributed by atoms with Gasteiger partial charge in [0.2, 0.25) is 5.91 Å². The highest BCUT2D eigenvalue weighted by Gasteiger charge is 2.23. The fraction of sp³-hybridized carbons (Fsp3) is 0.583. The summed E-state index contributed by atoms with van der Waals surface area (Å²) < 4.78 is 0. The SMILES string of the molecule is CN=C(NCCCc1c[nH]c2ccccc12)N1CCN(CC(=O)N2CCCCC2)CC1. The van der Waals surface area contributed by atoms with Crippen LogP contribution in [0.25, 0.3) is 10.9 Å². The van der Waals surface area contributed by atoms with Crippen molar-refractivity contribution < 1.29 is 4.79 Å². The molecule has 2 fully saturated rings. The molecule has 2 aliphatic heterocycles. The molecule has 0 spiro atoms. The van der Waals surface area contributed by atoms with E-state index < -0.39 is 0 Å². The number of H-pyrrole nitrogens is 1. The molecule has 1 aromatic heterocycles. The Labute approximate surface area is 185 Å². The standard InChI is InChI=1S/C24H36N6O/c1-25-24(26-11-7-8-20-18-27-22-10-4-3-9-21(20)22)30-16-14-28(15-17-30)19-23(31)29-12-5-2-6-13-29/h3-4,9-10,18,27H,2,5-8,11-17,19H2,1H3,(H,25,26). The number of guanidine groups is 1. The van der Waals surface area contributed by atoms with Crippen LogP contribution in [0.15, 0.2) is 35.5 Å². The van der Waals surface area contributed by atoms with Gasteiger partial charge in [-0.3, -0.25) is 14.7 Å². The van der Waals surface area contributed by atoms with E-state index in [1.807, 2.05) is 11.9 Å². The summed E-state index contributed by atoms with van der Waals surface area (Å²) in [5.41, 5.74) is 2.58. The molecule has 1 amide bonds. The summed E-state index contributed by atoms with van der Waals surface area (Å²) in [6.07, 6.45) is 7.80. The Kier molecular flexibility index (Phi) is 7.46. The Morgan fingerprint density at radius 1 is 1.03 bits per heavy atom. The van der Waals surface area contributed by atoms with Crippen LogP contribution in [0.5, 0.6) is 0 Å². The second-order valence-electron chi connectivity index (χ2n) is 8.64. The number of fused-ring (bicyclic) bond motifs is 1. The van der Waals surface area contributed by atoms with Gasteiger partial charge in [-0.25, -0.2) is 0 Å². The van der Waals surface area contributed by atoms with Gasteiger partial charge in [0.25, 0.3) is 0 Å². The number of carbonyl (C=O) groups excluding carboxylic acids is 1. The molecule has 31 heavy (non-hydrogen) atoms. The number of likely N-dealkylation sites (tertiary alicyclic amines) is 1. The Morgan fingerprint density at radius 2 is 1.81 bits per heavy atom. The Bertz CT molecular complexity index is 877.